The van der Waals surface area contributed by atoms with Gasteiger partial charge in [0.2, 0.25) is 5.91 Å². The number of aliphatic hydroxyl groups excluding tert-OH is 3. The van der Waals surface area contributed by atoms with Gasteiger partial charge < -0.3 is 36.0 Å². The van der Waals surface area contributed by atoms with Crippen LogP contribution in [0.2, 0.25) is 0 Å². The average molecular weight is 602 g/mol. The number of ketones is 2. The molecule has 2 fully saturated rings. The molecule has 0 aliphatic heterocycles. The number of fused-ring (bicyclic) bond motifs is 3. The molecule has 10 atom stereocenters. The number of nitrogens with two attached hydrogens (primary N) is 1. The van der Waals surface area contributed by atoms with Crippen LogP contribution in [0.15, 0.2) is 18.2 Å². The number of primary amides is 1. The number of carbonyl (C=O) groups excluding carboxylic acids is 4. The van der Waals surface area contributed by atoms with E-state index in [4.69, 9.17) is 10.5 Å². The summed E-state index contributed by atoms with van der Waals surface area (Å²) in [5, 5.41) is 58.9. The number of aliphatic hydroxyl groups is 4. The number of hydrogen-bond donors (Lipinski definition) is 6. The lowest BCUT2D eigenvalue weighted by molar-refractivity contribution is -0.306. The highest BCUT2D eigenvalue weighted by Gasteiger charge is 2.80. The van der Waals surface area contributed by atoms with Crippen LogP contribution in [-0.4, -0.2) is 79.5 Å². The molecule has 4 rings (SSSR count). The maximum atomic E-state index is 14.3. The summed E-state index contributed by atoms with van der Waals surface area (Å²) in [5.74, 6) is -10.2. The first-order valence-corrected chi connectivity index (χ1v) is 14.8. The van der Waals surface area contributed by atoms with Gasteiger partial charge in [-0.25, -0.2) is 4.79 Å². The van der Waals surface area contributed by atoms with E-state index in [1.165, 1.54) is 19.1 Å². The van der Waals surface area contributed by atoms with Crippen molar-refractivity contribution in [3.8, 4) is 5.75 Å². The van der Waals surface area contributed by atoms with E-state index in [9.17, 15) is 44.7 Å². The van der Waals surface area contributed by atoms with Gasteiger partial charge in [0.05, 0.1) is 30.3 Å². The minimum Gasteiger partial charge on any atom is -0.507 e. The summed E-state index contributed by atoms with van der Waals surface area (Å²) >= 11 is 0. The Morgan fingerprint density at radius 2 is 1.77 bits per heavy atom. The minimum atomic E-state index is -2.85. The lowest BCUT2D eigenvalue weighted by Gasteiger charge is -2.69. The first-order valence-electron chi connectivity index (χ1n) is 14.8. The van der Waals surface area contributed by atoms with Crippen molar-refractivity contribution < 1.29 is 49.4 Å². The number of carbonyl (C=O) groups is 4. The number of benzene rings is 1. The van der Waals surface area contributed by atoms with Crippen LogP contribution in [0.5, 0.6) is 5.75 Å². The molecule has 11 nitrogen and oxygen atoms in total. The van der Waals surface area contributed by atoms with Crippen molar-refractivity contribution >= 4 is 29.5 Å². The number of amides is 1. The third-order valence-corrected chi connectivity index (χ3v) is 10.8. The number of phenols is 1. The van der Waals surface area contributed by atoms with Crippen LogP contribution in [0.1, 0.15) is 81.8 Å². The third kappa shape index (κ3) is 4.30. The molecule has 2 unspecified atom stereocenters. The molecule has 0 spiro atoms. The molecule has 236 valence electrons. The lowest BCUT2D eigenvalue weighted by Crippen LogP contribution is -2.83. The predicted molar refractivity (Wildman–Crippen MR) is 154 cm³/mol. The number of aromatic hydroxyl groups is 1. The number of esters is 1. The fourth-order valence-electron chi connectivity index (χ4n) is 8.43. The lowest BCUT2D eigenvalue weighted by atomic mass is 9.36. The van der Waals surface area contributed by atoms with Crippen molar-refractivity contribution in [1.29, 1.82) is 0 Å². The standard InChI is InChI=1S/C32H43NO10/c1-7-8-13-43-18(34)12-10-16-9-11-17-15(4)30(5)22(24(36)19(17)23(16)35)27(39)32(42)26(38)20(28(33)40)25(37)21(14(2)3)31(32,6)29(30)41/h9-12,14-15,20-22,25,27,29,35,37,39,41-42H,7-8,13H2,1-6H3,(H2,33,40)/t15-,20-,21+,22-,25?,27?,29-,30+,31+,32+/m1/s1. The molecule has 43 heavy (non-hydrogen) atoms. The molecular formula is C32H43NO10. The molecule has 1 aromatic rings. The van der Waals surface area contributed by atoms with E-state index >= 15 is 0 Å². The topological polar surface area (TPSA) is 205 Å². The van der Waals surface area contributed by atoms with Gasteiger partial charge in [-0.3, -0.25) is 14.4 Å². The Balaban J connectivity index is 1.89. The summed E-state index contributed by atoms with van der Waals surface area (Å²) in [7, 11) is 0. The van der Waals surface area contributed by atoms with E-state index < -0.39 is 93.5 Å². The molecule has 11 heteroatoms. The van der Waals surface area contributed by atoms with Crippen LogP contribution in [0.4, 0.5) is 0 Å². The first kappa shape index (κ1) is 32.8. The zero-order valence-electron chi connectivity index (χ0n) is 25.4. The molecule has 0 radical (unpaired) electrons. The number of phenolic OH excluding ortho intramolecular Hbond substituents is 1. The molecule has 2 saturated carbocycles. The highest BCUT2D eigenvalue weighted by molar-refractivity contribution is 6.10. The van der Waals surface area contributed by atoms with E-state index in [1.807, 2.05) is 6.92 Å². The Kier molecular flexibility index (Phi) is 8.47. The quantitative estimate of drug-likeness (QED) is 0.115. The summed E-state index contributed by atoms with van der Waals surface area (Å²) in [6, 6.07) is 3.11. The normalized spacial score (nSPS) is 38.9. The highest BCUT2D eigenvalue weighted by atomic mass is 16.5. The molecule has 0 saturated heterocycles. The molecular weight excluding hydrogens is 558 g/mol. The van der Waals surface area contributed by atoms with Gasteiger partial charge in [0.1, 0.15) is 17.8 Å². The maximum Gasteiger partial charge on any atom is 0.330 e. The van der Waals surface area contributed by atoms with Crippen molar-refractivity contribution in [2.45, 2.75) is 84.2 Å². The van der Waals surface area contributed by atoms with E-state index in [2.05, 4.69) is 0 Å². The predicted octanol–water partition coefficient (Wildman–Crippen LogP) is 1.46. The van der Waals surface area contributed by atoms with Crippen molar-refractivity contribution in [3.63, 3.8) is 0 Å². The highest BCUT2D eigenvalue weighted by Crippen LogP contribution is 2.68. The van der Waals surface area contributed by atoms with Crippen molar-refractivity contribution in [1.82, 2.24) is 0 Å². The fraction of sp³-hybridized carbons (Fsp3) is 0.625. The van der Waals surface area contributed by atoms with E-state index in [-0.39, 0.29) is 17.7 Å². The smallest absolute Gasteiger partial charge is 0.330 e. The molecule has 0 heterocycles. The van der Waals surface area contributed by atoms with Gasteiger partial charge in [-0.2, -0.15) is 0 Å². The number of rotatable bonds is 7. The van der Waals surface area contributed by atoms with E-state index in [1.54, 1.807) is 33.8 Å². The fourth-order valence-corrected chi connectivity index (χ4v) is 8.43. The van der Waals surface area contributed by atoms with Gasteiger partial charge in [0.15, 0.2) is 17.2 Å². The van der Waals surface area contributed by atoms with Gasteiger partial charge in [0.25, 0.3) is 0 Å². The first-order chi connectivity index (χ1) is 19.9. The summed E-state index contributed by atoms with van der Waals surface area (Å²) in [6.07, 6.45) is -1.50. The van der Waals surface area contributed by atoms with Crippen LogP contribution < -0.4 is 5.73 Å². The molecule has 1 aromatic carbocycles. The van der Waals surface area contributed by atoms with Crippen LogP contribution in [0, 0.1) is 34.5 Å². The summed E-state index contributed by atoms with van der Waals surface area (Å²) < 4.78 is 5.10. The molecule has 0 bridgehead atoms. The maximum absolute atomic E-state index is 14.3. The number of unbranched alkanes of at least 4 members (excludes halogenated alkanes) is 1. The number of Topliss-reactive ketones (excluding diaryl/α,β-unsaturated/α-hetero) is 2. The molecule has 1 amide bonds. The van der Waals surface area contributed by atoms with Crippen molar-refractivity contribution in [2.75, 3.05) is 6.61 Å². The second-order valence-electron chi connectivity index (χ2n) is 13.2. The Bertz CT molecular complexity index is 1370. The minimum absolute atomic E-state index is 0.121. The molecule has 3 aliphatic carbocycles. The monoisotopic (exact) mass is 601 g/mol. The molecule has 3 aliphatic rings. The largest absolute Gasteiger partial charge is 0.507 e. The second-order valence-corrected chi connectivity index (χ2v) is 13.2. The Morgan fingerprint density at radius 3 is 2.33 bits per heavy atom. The van der Waals surface area contributed by atoms with Crippen LogP contribution in [0.25, 0.3) is 6.08 Å². The van der Waals surface area contributed by atoms with E-state index in [0.717, 1.165) is 12.5 Å². The summed E-state index contributed by atoms with van der Waals surface area (Å²) in [5.41, 5.74) is -0.465. The number of hydrogen-bond acceptors (Lipinski definition) is 10. The Hall–Kier alpha value is -3.12. The average Bonchev–Trinajstić information content (AvgIpc) is 2.92. The van der Waals surface area contributed by atoms with Crippen LogP contribution in [-0.2, 0) is 19.1 Å². The second kappa shape index (κ2) is 11.1. The van der Waals surface area contributed by atoms with Gasteiger partial charge in [-0.1, -0.05) is 60.1 Å². The van der Waals surface area contributed by atoms with Crippen LogP contribution >= 0.6 is 0 Å². The van der Waals surface area contributed by atoms with Crippen molar-refractivity contribution in [3.05, 3.63) is 34.9 Å². The van der Waals surface area contributed by atoms with Gasteiger partial charge in [0, 0.05) is 22.5 Å². The zero-order chi connectivity index (χ0) is 32.4. The van der Waals surface area contributed by atoms with Gasteiger partial charge in [-0.15, -0.1) is 0 Å². The SMILES string of the molecule is CCCCOC(=O)C=Cc1ccc2c(c1O)C(=O)[C@@H]1C(O)[C@@]3(O)C(=O)[C@H](C(N)=O)C(O)[C@H](C(C)C)[C@@]3(C)[C@H](O)[C@@]1(C)[C@@H]2C. The van der Waals surface area contributed by atoms with E-state index in [0.29, 0.717) is 12.0 Å². The van der Waals surface area contributed by atoms with Gasteiger partial charge >= 0.3 is 5.97 Å². The Labute approximate surface area is 250 Å². The third-order valence-electron chi connectivity index (χ3n) is 10.8. The molecule has 0 aromatic heterocycles. The number of ether oxygens (including phenoxy) is 1. The molecule has 7 N–H and O–H groups in total. The Morgan fingerprint density at radius 1 is 1.14 bits per heavy atom. The zero-order valence-corrected chi connectivity index (χ0v) is 25.4. The van der Waals surface area contributed by atoms with Gasteiger partial charge in [-0.05, 0) is 35.8 Å². The summed E-state index contributed by atoms with van der Waals surface area (Å²) in [6.45, 7) is 10.2. The van der Waals surface area contributed by atoms with Crippen molar-refractivity contribution in [2.24, 2.45) is 40.2 Å². The summed E-state index contributed by atoms with van der Waals surface area (Å²) in [4.78, 5) is 52.6. The van der Waals surface area contributed by atoms with Crippen LogP contribution in [0.3, 0.4) is 0 Å².